The fraction of sp³-hybridized carbons (Fsp3) is 0.458. The summed E-state index contributed by atoms with van der Waals surface area (Å²) in [6.45, 7) is 10.3. The summed E-state index contributed by atoms with van der Waals surface area (Å²) in [7, 11) is 3.31. The van der Waals surface area contributed by atoms with E-state index in [4.69, 9.17) is 0 Å². The monoisotopic (exact) mass is 441 g/mol. The number of anilines is 1. The number of carbonyl (C=O) groups is 2. The van der Waals surface area contributed by atoms with Crippen LogP contribution in [-0.4, -0.2) is 73.4 Å². The van der Waals surface area contributed by atoms with Crippen LogP contribution in [0.3, 0.4) is 0 Å². The van der Waals surface area contributed by atoms with Crippen LogP contribution in [0.25, 0.3) is 0 Å². The van der Waals surface area contributed by atoms with Crippen LogP contribution in [0.5, 0.6) is 0 Å². The Balaban J connectivity index is 1.78. The molecule has 2 amide bonds. The predicted octanol–water partition coefficient (Wildman–Crippen LogP) is 2.86. The van der Waals surface area contributed by atoms with Gasteiger partial charge in [-0.2, -0.15) is 0 Å². The number of piperazine rings is 1. The van der Waals surface area contributed by atoms with Crippen molar-refractivity contribution < 1.29 is 14.0 Å². The van der Waals surface area contributed by atoms with E-state index in [0.717, 1.165) is 44.0 Å². The molecule has 0 aliphatic carbocycles. The fourth-order valence-electron chi connectivity index (χ4n) is 3.97. The lowest BCUT2D eigenvalue weighted by Crippen LogP contribution is -2.46. The molecule has 1 aliphatic heterocycles. The van der Waals surface area contributed by atoms with Gasteiger partial charge in [-0.25, -0.2) is 9.37 Å². The summed E-state index contributed by atoms with van der Waals surface area (Å²) in [6.07, 6.45) is 0. The van der Waals surface area contributed by atoms with Crippen LogP contribution < -0.4 is 10.2 Å². The van der Waals surface area contributed by atoms with Crippen LogP contribution >= 0.6 is 0 Å². The minimum Gasteiger partial charge on any atom is -0.369 e. The molecule has 172 valence electrons. The molecular formula is C24H32FN5O2. The number of hydrogen-bond donors (Lipinski definition) is 1. The summed E-state index contributed by atoms with van der Waals surface area (Å²) in [5, 5.41) is 2.97. The summed E-state index contributed by atoms with van der Waals surface area (Å²) in [4.78, 5) is 35.4. The van der Waals surface area contributed by atoms with E-state index in [9.17, 15) is 14.0 Å². The van der Waals surface area contributed by atoms with Crippen molar-refractivity contribution >= 4 is 17.5 Å². The Morgan fingerprint density at radius 3 is 2.44 bits per heavy atom. The number of amides is 2. The summed E-state index contributed by atoms with van der Waals surface area (Å²) in [5.41, 5.74) is 2.83. The molecule has 3 rings (SSSR count). The van der Waals surface area contributed by atoms with Crippen molar-refractivity contribution in [3.8, 4) is 0 Å². The Labute approximate surface area is 189 Å². The van der Waals surface area contributed by atoms with E-state index in [0.29, 0.717) is 11.3 Å². The third-order valence-corrected chi connectivity index (χ3v) is 5.92. The number of nitrogens with zero attached hydrogens (tertiary/aromatic N) is 4. The molecule has 1 unspecified atom stereocenters. The Morgan fingerprint density at radius 2 is 1.84 bits per heavy atom. The van der Waals surface area contributed by atoms with E-state index in [1.807, 2.05) is 6.92 Å². The molecule has 0 bridgehead atoms. The lowest BCUT2D eigenvalue weighted by atomic mass is 10.0. The lowest BCUT2D eigenvalue weighted by Gasteiger charge is -2.37. The van der Waals surface area contributed by atoms with Crippen molar-refractivity contribution in [3.05, 3.63) is 58.7 Å². The average molecular weight is 442 g/mol. The molecule has 1 fully saturated rings. The molecular weight excluding hydrogens is 409 g/mol. The predicted molar refractivity (Wildman–Crippen MR) is 124 cm³/mol. The van der Waals surface area contributed by atoms with Crippen LogP contribution in [0.4, 0.5) is 10.1 Å². The van der Waals surface area contributed by atoms with Gasteiger partial charge in [0.1, 0.15) is 11.5 Å². The number of carbonyl (C=O) groups excluding carboxylic acids is 2. The topological polar surface area (TPSA) is 68.8 Å². The number of aromatic nitrogens is 1. The van der Waals surface area contributed by atoms with Gasteiger partial charge in [0.15, 0.2) is 0 Å². The quantitative estimate of drug-likeness (QED) is 0.747. The van der Waals surface area contributed by atoms with Gasteiger partial charge in [-0.15, -0.1) is 0 Å². The summed E-state index contributed by atoms with van der Waals surface area (Å²) in [5.74, 6) is -0.861. The van der Waals surface area contributed by atoms with Crippen molar-refractivity contribution in [1.29, 1.82) is 0 Å². The van der Waals surface area contributed by atoms with Gasteiger partial charge in [0.05, 0.1) is 17.3 Å². The molecule has 8 heteroatoms. The van der Waals surface area contributed by atoms with E-state index in [1.165, 1.54) is 17.0 Å². The summed E-state index contributed by atoms with van der Waals surface area (Å²) < 4.78 is 14.1. The lowest BCUT2D eigenvalue weighted by molar-refractivity contribution is 0.0820. The number of rotatable bonds is 6. The largest absolute Gasteiger partial charge is 0.369 e. The SMILES string of the molecule is CCN1CCN(c2ccc(F)cc2C(C)NC(=O)c2ccc(C(=O)N(C)C)nc2C)CC1. The normalized spacial score (nSPS) is 15.4. The fourth-order valence-corrected chi connectivity index (χ4v) is 3.97. The van der Waals surface area contributed by atoms with Gasteiger partial charge in [0, 0.05) is 51.5 Å². The van der Waals surface area contributed by atoms with E-state index >= 15 is 0 Å². The highest BCUT2D eigenvalue weighted by Gasteiger charge is 2.23. The average Bonchev–Trinajstić information content (AvgIpc) is 2.78. The highest BCUT2D eigenvalue weighted by molar-refractivity contribution is 5.97. The van der Waals surface area contributed by atoms with Crippen molar-refractivity contribution in [3.63, 3.8) is 0 Å². The van der Waals surface area contributed by atoms with Crippen molar-refractivity contribution in [2.75, 3.05) is 51.7 Å². The first kappa shape index (κ1) is 23.7. The first-order chi connectivity index (χ1) is 15.2. The second-order valence-corrected chi connectivity index (χ2v) is 8.35. The van der Waals surface area contributed by atoms with Gasteiger partial charge in [0.2, 0.25) is 0 Å². The highest BCUT2D eigenvalue weighted by Crippen LogP contribution is 2.28. The minimum absolute atomic E-state index is 0.221. The first-order valence-corrected chi connectivity index (χ1v) is 11.0. The van der Waals surface area contributed by atoms with Crippen molar-refractivity contribution in [2.45, 2.75) is 26.8 Å². The first-order valence-electron chi connectivity index (χ1n) is 11.0. The number of hydrogen-bond acceptors (Lipinski definition) is 5. The molecule has 0 spiro atoms. The summed E-state index contributed by atoms with van der Waals surface area (Å²) in [6, 6.07) is 7.52. The smallest absolute Gasteiger partial charge is 0.271 e. The standard InChI is InChI=1S/C24H32FN5O2/c1-6-29-11-13-30(14-12-29)22-10-7-18(25)15-20(22)17(3)27-23(31)19-8-9-21(26-16(19)2)24(32)28(4)5/h7-10,15,17H,6,11-14H2,1-5H3,(H,27,31). The van der Waals surface area contributed by atoms with E-state index in [1.54, 1.807) is 39.2 Å². The number of likely N-dealkylation sites (N-methyl/N-ethyl adjacent to an activating group) is 1. The second-order valence-electron chi connectivity index (χ2n) is 8.35. The molecule has 7 nitrogen and oxygen atoms in total. The van der Waals surface area contributed by atoms with Crippen LogP contribution in [0, 0.1) is 12.7 Å². The molecule has 32 heavy (non-hydrogen) atoms. The number of aryl methyl sites for hydroxylation is 1. The molecule has 1 saturated heterocycles. The molecule has 2 heterocycles. The Bertz CT molecular complexity index is 986. The summed E-state index contributed by atoms with van der Waals surface area (Å²) >= 11 is 0. The number of pyridine rings is 1. The number of halogens is 1. The number of nitrogens with one attached hydrogen (secondary N) is 1. The highest BCUT2D eigenvalue weighted by atomic mass is 19.1. The maximum atomic E-state index is 14.1. The molecule has 0 radical (unpaired) electrons. The Morgan fingerprint density at radius 1 is 1.16 bits per heavy atom. The Hall–Kier alpha value is -3.00. The molecule has 1 atom stereocenters. The van der Waals surface area contributed by atoms with E-state index in [-0.39, 0.29) is 23.3 Å². The molecule has 1 aromatic carbocycles. The van der Waals surface area contributed by atoms with Crippen LogP contribution in [0.2, 0.25) is 0 Å². The molecule has 1 aromatic heterocycles. The third kappa shape index (κ3) is 5.24. The zero-order chi connectivity index (χ0) is 23.4. The zero-order valence-corrected chi connectivity index (χ0v) is 19.5. The van der Waals surface area contributed by atoms with Gasteiger partial charge in [-0.1, -0.05) is 6.92 Å². The van der Waals surface area contributed by atoms with Crippen LogP contribution in [0.15, 0.2) is 30.3 Å². The van der Waals surface area contributed by atoms with Crippen LogP contribution in [-0.2, 0) is 0 Å². The van der Waals surface area contributed by atoms with Gasteiger partial charge < -0.3 is 20.0 Å². The molecule has 2 aromatic rings. The minimum atomic E-state index is -0.403. The zero-order valence-electron chi connectivity index (χ0n) is 19.5. The Kier molecular flexibility index (Phi) is 7.45. The van der Waals surface area contributed by atoms with Crippen LogP contribution in [0.1, 0.15) is 52.0 Å². The molecule has 1 aliphatic rings. The van der Waals surface area contributed by atoms with E-state index in [2.05, 4.69) is 27.0 Å². The van der Waals surface area contributed by atoms with Gasteiger partial charge in [0.25, 0.3) is 11.8 Å². The van der Waals surface area contributed by atoms with E-state index < -0.39 is 6.04 Å². The molecule has 0 saturated carbocycles. The maximum absolute atomic E-state index is 14.1. The molecule has 1 N–H and O–H groups in total. The second kappa shape index (κ2) is 10.1. The van der Waals surface area contributed by atoms with Gasteiger partial charge in [-0.3, -0.25) is 9.59 Å². The van der Waals surface area contributed by atoms with Gasteiger partial charge >= 0.3 is 0 Å². The number of benzene rings is 1. The maximum Gasteiger partial charge on any atom is 0.271 e. The third-order valence-electron chi connectivity index (χ3n) is 5.92. The van der Waals surface area contributed by atoms with Gasteiger partial charge in [-0.05, 0) is 50.7 Å². The van der Waals surface area contributed by atoms with Crippen molar-refractivity contribution in [2.24, 2.45) is 0 Å². The van der Waals surface area contributed by atoms with Crippen molar-refractivity contribution in [1.82, 2.24) is 20.1 Å².